The standard InChI is InChI=1S/C12H17N3OS/c1-8-5-9(6-11(13)15-8)12(16)14-7-10-3-2-4-17-10/h5-6,10H,2-4,7H2,1H3,(H2,13,15)(H,14,16). The van der Waals surface area contributed by atoms with Crippen LogP contribution in [0.25, 0.3) is 0 Å². The molecule has 1 aromatic rings. The predicted molar refractivity (Wildman–Crippen MR) is 71.2 cm³/mol. The van der Waals surface area contributed by atoms with Gasteiger partial charge in [-0.25, -0.2) is 4.98 Å². The molecule has 1 aliphatic heterocycles. The molecular weight excluding hydrogens is 234 g/mol. The van der Waals surface area contributed by atoms with Crippen LogP contribution in [0.2, 0.25) is 0 Å². The van der Waals surface area contributed by atoms with Gasteiger partial charge in [0.25, 0.3) is 5.91 Å². The number of aromatic nitrogens is 1. The summed E-state index contributed by atoms with van der Waals surface area (Å²) in [6.45, 7) is 2.57. The maximum Gasteiger partial charge on any atom is 0.251 e. The van der Waals surface area contributed by atoms with Gasteiger partial charge in [0.05, 0.1) is 0 Å². The van der Waals surface area contributed by atoms with Gasteiger partial charge >= 0.3 is 0 Å². The highest BCUT2D eigenvalue weighted by molar-refractivity contribution is 8.00. The molecule has 1 saturated heterocycles. The van der Waals surface area contributed by atoms with Crippen LogP contribution in [0, 0.1) is 6.92 Å². The van der Waals surface area contributed by atoms with Crippen LogP contribution < -0.4 is 11.1 Å². The number of pyridine rings is 1. The fourth-order valence-corrected chi connectivity index (χ4v) is 3.14. The highest BCUT2D eigenvalue weighted by Gasteiger charge is 2.16. The van der Waals surface area contributed by atoms with Crippen molar-refractivity contribution in [2.24, 2.45) is 0 Å². The van der Waals surface area contributed by atoms with Gasteiger partial charge in [0.15, 0.2) is 0 Å². The van der Waals surface area contributed by atoms with E-state index in [-0.39, 0.29) is 5.91 Å². The van der Waals surface area contributed by atoms with Crippen LogP contribution in [0.1, 0.15) is 28.9 Å². The summed E-state index contributed by atoms with van der Waals surface area (Å²) in [7, 11) is 0. The molecule has 0 saturated carbocycles. The first-order valence-corrected chi connectivity index (χ1v) is 6.84. The van der Waals surface area contributed by atoms with Gasteiger partial charge in [-0.3, -0.25) is 4.79 Å². The van der Waals surface area contributed by atoms with Gasteiger partial charge in [-0.05, 0) is 37.7 Å². The van der Waals surface area contributed by atoms with E-state index in [9.17, 15) is 4.79 Å². The van der Waals surface area contributed by atoms with Gasteiger partial charge in [-0.2, -0.15) is 11.8 Å². The molecule has 0 aliphatic carbocycles. The first-order chi connectivity index (χ1) is 8.15. The Morgan fingerprint density at radius 1 is 1.65 bits per heavy atom. The maximum atomic E-state index is 11.9. The summed E-state index contributed by atoms with van der Waals surface area (Å²) in [5, 5.41) is 3.52. The van der Waals surface area contributed by atoms with Crippen molar-refractivity contribution in [3.05, 3.63) is 23.4 Å². The molecule has 1 unspecified atom stereocenters. The lowest BCUT2D eigenvalue weighted by Crippen LogP contribution is -2.29. The summed E-state index contributed by atoms with van der Waals surface area (Å²) in [5.74, 6) is 1.54. The number of rotatable bonds is 3. The minimum atomic E-state index is -0.0605. The molecular formula is C12H17N3OS. The molecule has 1 atom stereocenters. The van der Waals surface area contributed by atoms with E-state index >= 15 is 0 Å². The number of nitrogen functional groups attached to an aromatic ring is 1. The van der Waals surface area contributed by atoms with Gasteiger partial charge < -0.3 is 11.1 Å². The predicted octanol–water partition coefficient (Wildman–Crippen LogP) is 1.60. The molecule has 0 spiro atoms. The quantitative estimate of drug-likeness (QED) is 0.856. The van der Waals surface area contributed by atoms with Crippen LogP contribution in [0.3, 0.4) is 0 Å². The number of carbonyl (C=O) groups is 1. The molecule has 1 amide bonds. The molecule has 92 valence electrons. The van der Waals surface area contributed by atoms with Crippen LogP contribution in [-0.2, 0) is 0 Å². The Labute approximate surface area is 105 Å². The third-order valence-electron chi connectivity index (χ3n) is 2.75. The first kappa shape index (κ1) is 12.2. The lowest BCUT2D eigenvalue weighted by molar-refractivity contribution is 0.0953. The Kier molecular flexibility index (Phi) is 3.89. The number of hydrogen-bond acceptors (Lipinski definition) is 4. The van der Waals surface area contributed by atoms with Crippen LogP contribution in [-0.4, -0.2) is 28.4 Å². The molecule has 0 aromatic carbocycles. The fraction of sp³-hybridized carbons (Fsp3) is 0.500. The second-order valence-corrected chi connectivity index (χ2v) is 5.68. The van der Waals surface area contributed by atoms with Crippen molar-refractivity contribution >= 4 is 23.5 Å². The smallest absolute Gasteiger partial charge is 0.251 e. The van der Waals surface area contributed by atoms with Crippen molar-refractivity contribution in [1.29, 1.82) is 0 Å². The van der Waals surface area contributed by atoms with Gasteiger partial charge in [0.2, 0.25) is 0 Å². The number of aryl methyl sites for hydroxylation is 1. The monoisotopic (exact) mass is 251 g/mol. The van der Waals surface area contributed by atoms with E-state index < -0.39 is 0 Å². The zero-order valence-electron chi connectivity index (χ0n) is 9.90. The van der Waals surface area contributed by atoms with Crippen molar-refractivity contribution in [1.82, 2.24) is 10.3 Å². The van der Waals surface area contributed by atoms with Crippen molar-refractivity contribution in [3.63, 3.8) is 0 Å². The summed E-state index contributed by atoms with van der Waals surface area (Å²) in [4.78, 5) is 16.0. The van der Waals surface area contributed by atoms with Gasteiger partial charge in [-0.15, -0.1) is 0 Å². The van der Waals surface area contributed by atoms with E-state index in [2.05, 4.69) is 10.3 Å². The largest absolute Gasteiger partial charge is 0.384 e. The maximum absolute atomic E-state index is 11.9. The molecule has 1 aromatic heterocycles. The molecule has 5 heteroatoms. The van der Waals surface area contributed by atoms with Crippen LogP contribution in [0.15, 0.2) is 12.1 Å². The van der Waals surface area contributed by atoms with Crippen LogP contribution >= 0.6 is 11.8 Å². The molecule has 0 bridgehead atoms. The zero-order valence-corrected chi connectivity index (χ0v) is 10.7. The van der Waals surface area contributed by atoms with E-state index in [1.54, 1.807) is 12.1 Å². The second kappa shape index (κ2) is 5.40. The highest BCUT2D eigenvalue weighted by Crippen LogP contribution is 2.25. The third kappa shape index (κ3) is 3.36. The number of anilines is 1. The van der Waals surface area contributed by atoms with Crippen LogP contribution in [0.4, 0.5) is 5.82 Å². The van der Waals surface area contributed by atoms with E-state index in [4.69, 9.17) is 5.73 Å². The average Bonchev–Trinajstić information content (AvgIpc) is 2.77. The van der Waals surface area contributed by atoms with E-state index in [0.29, 0.717) is 16.6 Å². The number of nitrogens with zero attached hydrogens (tertiary/aromatic N) is 1. The zero-order chi connectivity index (χ0) is 12.3. The van der Waals surface area contributed by atoms with Crippen molar-refractivity contribution in [2.75, 3.05) is 18.0 Å². The SMILES string of the molecule is Cc1cc(C(=O)NCC2CCCS2)cc(N)n1. The Morgan fingerprint density at radius 3 is 3.12 bits per heavy atom. The number of amides is 1. The minimum absolute atomic E-state index is 0.0605. The molecule has 2 heterocycles. The molecule has 4 nitrogen and oxygen atoms in total. The number of nitrogens with two attached hydrogens (primary N) is 1. The van der Waals surface area contributed by atoms with E-state index in [1.807, 2.05) is 18.7 Å². The van der Waals surface area contributed by atoms with Gasteiger partial charge in [0, 0.05) is 23.1 Å². The Morgan fingerprint density at radius 2 is 2.47 bits per heavy atom. The fourth-order valence-electron chi connectivity index (χ4n) is 1.94. The highest BCUT2D eigenvalue weighted by atomic mass is 32.2. The van der Waals surface area contributed by atoms with Gasteiger partial charge in [-0.1, -0.05) is 0 Å². The lowest BCUT2D eigenvalue weighted by Gasteiger charge is -2.10. The summed E-state index contributed by atoms with van der Waals surface area (Å²) in [5.41, 5.74) is 6.98. The number of carbonyl (C=O) groups excluding carboxylic acids is 1. The Balaban J connectivity index is 1.94. The molecule has 0 radical (unpaired) electrons. The second-order valence-electron chi connectivity index (χ2n) is 4.27. The molecule has 1 aliphatic rings. The molecule has 17 heavy (non-hydrogen) atoms. The van der Waals surface area contributed by atoms with E-state index in [1.165, 1.54) is 18.6 Å². The molecule has 3 N–H and O–H groups in total. The summed E-state index contributed by atoms with van der Waals surface area (Å²) < 4.78 is 0. The normalized spacial score (nSPS) is 19.2. The van der Waals surface area contributed by atoms with E-state index in [0.717, 1.165) is 12.2 Å². The summed E-state index contributed by atoms with van der Waals surface area (Å²) in [6.07, 6.45) is 2.45. The summed E-state index contributed by atoms with van der Waals surface area (Å²) >= 11 is 1.93. The number of nitrogens with one attached hydrogen (secondary N) is 1. The third-order valence-corrected chi connectivity index (χ3v) is 4.15. The molecule has 1 fully saturated rings. The lowest BCUT2D eigenvalue weighted by atomic mass is 10.2. The Bertz CT molecular complexity index is 396. The summed E-state index contributed by atoms with van der Waals surface area (Å²) in [6, 6.07) is 3.37. The van der Waals surface area contributed by atoms with Crippen LogP contribution in [0.5, 0.6) is 0 Å². The minimum Gasteiger partial charge on any atom is -0.384 e. The average molecular weight is 251 g/mol. The topological polar surface area (TPSA) is 68.0 Å². The van der Waals surface area contributed by atoms with Crippen molar-refractivity contribution < 1.29 is 4.79 Å². The number of thioether (sulfide) groups is 1. The first-order valence-electron chi connectivity index (χ1n) is 5.79. The Hall–Kier alpha value is -1.23. The molecule has 2 rings (SSSR count). The van der Waals surface area contributed by atoms with Crippen molar-refractivity contribution in [2.45, 2.75) is 25.0 Å². The van der Waals surface area contributed by atoms with Crippen molar-refractivity contribution in [3.8, 4) is 0 Å². The van der Waals surface area contributed by atoms with Gasteiger partial charge in [0.1, 0.15) is 5.82 Å². The number of hydrogen-bond donors (Lipinski definition) is 2.